The average Bonchev–Trinajstić information content (AvgIpc) is 2.48. The van der Waals surface area contributed by atoms with Crippen LogP contribution in [0.25, 0.3) is 0 Å². The van der Waals surface area contributed by atoms with Crippen molar-refractivity contribution in [2.75, 3.05) is 5.32 Å². The second-order valence-corrected chi connectivity index (χ2v) is 4.63. The van der Waals surface area contributed by atoms with Crippen molar-refractivity contribution in [2.24, 2.45) is 0 Å². The minimum Gasteiger partial charge on any atom is -0.391 e. The Labute approximate surface area is 96.9 Å². The molecule has 3 heteroatoms. The quantitative estimate of drug-likeness (QED) is 0.753. The predicted molar refractivity (Wildman–Crippen MR) is 65.5 cm³/mol. The largest absolute Gasteiger partial charge is 0.391 e. The van der Waals surface area contributed by atoms with Crippen molar-refractivity contribution >= 4 is 5.82 Å². The van der Waals surface area contributed by atoms with Gasteiger partial charge in [0.05, 0.1) is 12.1 Å². The number of rotatable bonds is 2. The highest BCUT2D eigenvalue weighted by molar-refractivity contribution is 5.43. The van der Waals surface area contributed by atoms with E-state index in [1.807, 2.05) is 19.1 Å². The molecule has 1 aliphatic rings. The Balaban J connectivity index is 2.05. The van der Waals surface area contributed by atoms with E-state index in [9.17, 15) is 5.11 Å². The van der Waals surface area contributed by atoms with Gasteiger partial charge >= 0.3 is 0 Å². The highest BCUT2D eigenvalue weighted by Gasteiger charge is 2.21. The van der Waals surface area contributed by atoms with E-state index in [0.717, 1.165) is 30.6 Å². The number of aromatic nitrogens is 1. The van der Waals surface area contributed by atoms with E-state index in [0.29, 0.717) is 0 Å². The van der Waals surface area contributed by atoms with Gasteiger partial charge in [0.15, 0.2) is 0 Å². The van der Waals surface area contributed by atoms with Gasteiger partial charge in [0, 0.05) is 6.20 Å². The first-order chi connectivity index (χ1) is 7.77. The minimum atomic E-state index is -0.232. The summed E-state index contributed by atoms with van der Waals surface area (Å²) in [6.07, 6.45) is 7.07. The van der Waals surface area contributed by atoms with Crippen molar-refractivity contribution in [3.05, 3.63) is 23.9 Å². The smallest absolute Gasteiger partial charge is 0.129 e. The second-order valence-electron chi connectivity index (χ2n) is 4.63. The van der Waals surface area contributed by atoms with Gasteiger partial charge in [-0.1, -0.05) is 25.3 Å². The Kier molecular flexibility index (Phi) is 3.78. The zero-order chi connectivity index (χ0) is 11.4. The fraction of sp³-hybridized carbons (Fsp3) is 0.615. The first-order valence-corrected chi connectivity index (χ1v) is 6.13. The summed E-state index contributed by atoms with van der Waals surface area (Å²) in [5.74, 6) is 0.911. The number of hydrogen-bond donors (Lipinski definition) is 2. The Hall–Kier alpha value is -1.09. The van der Waals surface area contributed by atoms with Crippen LogP contribution in [0.15, 0.2) is 18.3 Å². The summed E-state index contributed by atoms with van der Waals surface area (Å²) in [4.78, 5) is 4.32. The van der Waals surface area contributed by atoms with Crippen molar-refractivity contribution in [3.63, 3.8) is 0 Å². The molecule has 0 bridgehead atoms. The molecule has 1 saturated carbocycles. The van der Waals surface area contributed by atoms with Crippen LogP contribution in [0, 0.1) is 6.92 Å². The average molecular weight is 220 g/mol. The molecule has 0 aromatic carbocycles. The lowest BCUT2D eigenvalue weighted by Crippen LogP contribution is -2.33. The molecule has 0 amide bonds. The van der Waals surface area contributed by atoms with Crippen LogP contribution in [0.1, 0.15) is 37.7 Å². The lowest BCUT2D eigenvalue weighted by Gasteiger charge is -2.23. The third-order valence-electron chi connectivity index (χ3n) is 3.31. The highest BCUT2D eigenvalue weighted by Crippen LogP contribution is 2.22. The molecule has 2 rings (SSSR count). The molecule has 2 unspecified atom stereocenters. The molecule has 1 heterocycles. The molecule has 1 fully saturated rings. The van der Waals surface area contributed by atoms with Gasteiger partial charge in [-0.3, -0.25) is 0 Å². The standard InChI is InChI=1S/C13H20N2O/c1-10-6-5-9-14-13(10)15-11-7-3-2-4-8-12(11)16/h5-6,9,11-12,16H,2-4,7-8H2,1H3,(H,14,15). The third kappa shape index (κ3) is 2.73. The van der Waals surface area contributed by atoms with Crippen molar-refractivity contribution in [2.45, 2.75) is 51.2 Å². The van der Waals surface area contributed by atoms with Crippen LogP contribution in [0.5, 0.6) is 0 Å². The normalized spacial score (nSPS) is 26.1. The highest BCUT2D eigenvalue weighted by atomic mass is 16.3. The van der Waals surface area contributed by atoms with Crippen LogP contribution in [0.4, 0.5) is 5.82 Å². The fourth-order valence-corrected chi connectivity index (χ4v) is 2.27. The van der Waals surface area contributed by atoms with Crippen molar-refractivity contribution < 1.29 is 5.11 Å². The van der Waals surface area contributed by atoms with E-state index >= 15 is 0 Å². The first-order valence-electron chi connectivity index (χ1n) is 6.13. The van der Waals surface area contributed by atoms with Gasteiger partial charge in [0.25, 0.3) is 0 Å². The van der Waals surface area contributed by atoms with Gasteiger partial charge < -0.3 is 10.4 Å². The number of anilines is 1. The van der Waals surface area contributed by atoms with E-state index in [2.05, 4.69) is 10.3 Å². The Morgan fingerprint density at radius 1 is 1.31 bits per heavy atom. The summed E-state index contributed by atoms with van der Waals surface area (Å²) in [5, 5.41) is 13.4. The summed E-state index contributed by atoms with van der Waals surface area (Å²) < 4.78 is 0. The molecule has 0 aliphatic heterocycles. The molecule has 0 spiro atoms. The molecule has 1 aromatic rings. The monoisotopic (exact) mass is 220 g/mol. The molecule has 2 N–H and O–H groups in total. The van der Waals surface area contributed by atoms with Crippen LogP contribution in [-0.2, 0) is 0 Å². The number of aliphatic hydroxyl groups excluding tert-OH is 1. The Bertz CT molecular complexity index is 340. The van der Waals surface area contributed by atoms with Crippen molar-refractivity contribution in [3.8, 4) is 0 Å². The lowest BCUT2D eigenvalue weighted by molar-refractivity contribution is 0.144. The molecule has 88 valence electrons. The summed E-state index contributed by atoms with van der Waals surface area (Å²) in [6, 6.07) is 4.14. The maximum absolute atomic E-state index is 10.0. The van der Waals surface area contributed by atoms with E-state index in [4.69, 9.17) is 0 Å². The zero-order valence-electron chi connectivity index (χ0n) is 9.82. The zero-order valence-corrected chi connectivity index (χ0v) is 9.82. The van der Waals surface area contributed by atoms with Gasteiger partial charge in [-0.25, -0.2) is 4.98 Å². The maximum Gasteiger partial charge on any atom is 0.129 e. The number of aryl methyl sites for hydroxylation is 1. The lowest BCUT2D eigenvalue weighted by atomic mass is 10.1. The maximum atomic E-state index is 10.0. The molecular weight excluding hydrogens is 200 g/mol. The number of nitrogens with one attached hydrogen (secondary N) is 1. The van der Waals surface area contributed by atoms with Gasteiger partial charge in [-0.15, -0.1) is 0 Å². The van der Waals surface area contributed by atoms with Crippen LogP contribution in [0.3, 0.4) is 0 Å². The number of hydrogen-bond acceptors (Lipinski definition) is 3. The van der Waals surface area contributed by atoms with Crippen LogP contribution in [0.2, 0.25) is 0 Å². The minimum absolute atomic E-state index is 0.163. The summed E-state index contributed by atoms with van der Waals surface area (Å²) in [5.41, 5.74) is 1.14. The van der Waals surface area contributed by atoms with Gasteiger partial charge in [-0.05, 0) is 31.4 Å². The molecule has 2 atom stereocenters. The molecule has 1 aromatic heterocycles. The van der Waals surface area contributed by atoms with Crippen LogP contribution < -0.4 is 5.32 Å². The van der Waals surface area contributed by atoms with E-state index in [1.165, 1.54) is 12.8 Å². The molecule has 0 saturated heterocycles. The summed E-state index contributed by atoms with van der Waals surface area (Å²) in [6.45, 7) is 2.04. The molecule has 16 heavy (non-hydrogen) atoms. The van der Waals surface area contributed by atoms with Gasteiger partial charge in [0.1, 0.15) is 5.82 Å². The molecule has 1 aliphatic carbocycles. The van der Waals surface area contributed by atoms with Gasteiger partial charge in [0.2, 0.25) is 0 Å². The van der Waals surface area contributed by atoms with Crippen LogP contribution in [-0.4, -0.2) is 22.2 Å². The number of nitrogens with zero attached hydrogens (tertiary/aromatic N) is 1. The van der Waals surface area contributed by atoms with E-state index < -0.39 is 0 Å². The van der Waals surface area contributed by atoms with Crippen molar-refractivity contribution in [1.29, 1.82) is 0 Å². The van der Waals surface area contributed by atoms with E-state index in [-0.39, 0.29) is 12.1 Å². The SMILES string of the molecule is Cc1cccnc1NC1CCCCCC1O. The first kappa shape index (κ1) is 11.4. The molecule has 0 radical (unpaired) electrons. The second kappa shape index (κ2) is 5.30. The van der Waals surface area contributed by atoms with E-state index in [1.54, 1.807) is 6.20 Å². The number of aliphatic hydroxyl groups is 1. The Morgan fingerprint density at radius 2 is 2.12 bits per heavy atom. The summed E-state index contributed by atoms with van der Waals surface area (Å²) >= 11 is 0. The third-order valence-corrected chi connectivity index (χ3v) is 3.31. The predicted octanol–water partition coefficient (Wildman–Crippen LogP) is 2.50. The van der Waals surface area contributed by atoms with Crippen molar-refractivity contribution in [1.82, 2.24) is 4.98 Å². The number of pyridine rings is 1. The van der Waals surface area contributed by atoms with Crippen LogP contribution >= 0.6 is 0 Å². The molecule has 3 nitrogen and oxygen atoms in total. The topological polar surface area (TPSA) is 45.2 Å². The Morgan fingerprint density at radius 3 is 2.94 bits per heavy atom. The fourth-order valence-electron chi connectivity index (χ4n) is 2.27. The van der Waals surface area contributed by atoms with Gasteiger partial charge in [-0.2, -0.15) is 0 Å². The summed E-state index contributed by atoms with van der Waals surface area (Å²) in [7, 11) is 0. The molecular formula is C13H20N2O.